The van der Waals surface area contributed by atoms with E-state index in [1.165, 1.54) is 12.6 Å². The largest absolute Gasteiger partial charge is 0.388 e. The number of rotatable bonds is 4. The maximum Gasteiger partial charge on any atom is 0.388 e. The lowest BCUT2D eigenvalue weighted by atomic mass is 9.93. The number of hydrogen-bond acceptors (Lipinski definition) is 8. The Hall–Kier alpha value is -3.38. The van der Waals surface area contributed by atoms with Crippen LogP contribution in [0.4, 0.5) is 11.6 Å². The van der Waals surface area contributed by atoms with E-state index in [0.29, 0.717) is 10.7 Å². The van der Waals surface area contributed by atoms with Gasteiger partial charge >= 0.3 is 11.6 Å². The van der Waals surface area contributed by atoms with Crippen molar-refractivity contribution >= 4 is 11.6 Å². The van der Waals surface area contributed by atoms with E-state index in [1.807, 2.05) is 4.57 Å². The van der Waals surface area contributed by atoms with E-state index >= 15 is 0 Å². The Morgan fingerprint density at radius 3 is 1.87 bits per heavy atom. The summed E-state index contributed by atoms with van der Waals surface area (Å²) in [6, 6.07) is 0.450. The molecule has 1 saturated carbocycles. The molecule has 0 amide bonds. The zero-order valence-corrected chi connectivity index (χ0v) is 11.6. The van der Waals surface area contributed by atoms with Gasteiger partial charge in [0.15, 0.2) is 11.2 Å². The van der Waals surface area contributed by atoms with Gasteiger partial charge in [-0.2, -0.15) is 0 Å². The minimum atomic E-state index is -0.819. The summed E-state index contributed by atoms with van der Waals surface area (Å²) >= 11 is 0. The number of nitrogens with zero attached hydrogens (tertiary/aromatic N) is 7. The molecule has 2 aromatic heterocycles. The topological polar surface area (TPSA) is 165 Å². The highest BCUT2D eigenvalue weighted by Crippen LogP contribution is 2.31. The van der Waals surface area contributed by atoms with E-state index in [2.05, 4.69) is 9.97 Å². The molecule has 0 spiro atoms. The zero-order valence-electron chi connectivity index (χ0n) is 11.6. The number of aromatic nitrogens is 4. The maximum absolute atomic E-state index is 10.3. The lowest BCUT2D eigenvalue weighted by Crippen LogP contribution is -2.14. The van der Waals surface area contributed by atoms with Crippen LogP contribution in [0.25, 0.3) is 0 Å². The summed E-state index contributed by atoms with van der Waals surface area (Å²) in [6.45, 7) is 0. The second kappa shape index (κ2) is 6.59. The van der Waals surface area contributed by atoms with Gasteiger partial charge in [0.05, 0.1) is 0 Å². The second-order valence-electron chi connectivity index (χ2n) is 4.63. The Bertz CT molecular complexity index is 705. The van der Waals surface area contributed by atoms with Crippen molar-refractivity contribution in [2.45, 2.75) is 25.3 Å². The molecule has 13 nitrogen and oxygen atoms in total. The average Bonchev–Trinajstić information content (AvgIpc) is 3.06. The molecule has 0 bridgehead atoms. The summed E-state index contributed by atoms with van der Waals surface area (Å²) in [5, 5.41) is 29.3. The molecule has 0 saturated heterocycles. The maximum atomic E-state index is 10.3. The molecule has 3 rings (SSSR count). The molecular weight excluding hydrogens is 314 g/mol. The summed E-state index contributed by atoms with van der Waals surface area (Å²) in [4.78, 5) is 35.7. The lowest BCUT2D eigenvalue weighted by Gasteiger charge is -2.25. The van der Waals surface area contributed by atoms with Gasteiger partial charge in [0.2, 0.25) is 6.33 Å². The fraction of sp³-hybridized carbons (Fsp3) is 0.400. The van der Waals surface area contributed by atoms with Crippen molar-refractivity contribution in [3.63, 3.8) is 0 Å². The standard InChI is InChI=1S/C7H9N3O2.C3H2N4O4/c11-10(12)7-4-9(5-8-7)6-2-1-3-6;8-6(9)3-1-5(2-4-3)7(10)11/h4-6H,1-3H2;1-2H. The molecule has 122 valence electrons. The first-order valence-corrected chi connectivity index (χ1v) is 6.39. The van der Waals surface area contributed by atoms with Crippen LogP contribution >= 0.6 is 0 Å². The van der Waals surface area contributed by atoms with E-state index < -0.39 is 20.7 Å². The van der Waals surface area contributed by atoms with Gasteiger partial charge in [-0.05, 0) is 43.8 Å². The predicted molar refractivity (Wildman–Crippen MR) is 73.0 cm³/mol. The van der Waals surface area contributed by atoms with E-state index in [-0.39, 0.29) is 5.82 Å². The van der Waals surface area contributed by atoms with Gasteiger partial charge in [-0.25, -0.2) is 10.1 Å². The quantitative estimate of drug-likeness (QED) is 0.599. The van der Waals surface area contributed by atoms with E-state index in [9.17, 15) is 30.3 Å². The van der Waals surface area contributed by atoms with E-state index in [4.69, 9.17) is 0 Å². The van der Waals surface area contributed by atoms with Crippen molar-refractivity contribution in [1.82, 2.24) is 19.2 Å². The van der Waals surface area contributed by atoms with Gasteiger partial charge in [-0.15, -0.1) is 0 Å². The van der Waals surface area contributed by atoms with Gasteiger partial charge in [0.1, 0.15) is 6.20 Å². The van der Waals surface area contributed by atoms with Crippen LogP contribution in [0.1, 0.15) is 25.3 Å². The molecule has 1 fully saturated rings. The highest BCUT2D eigenvalue weighted by Gasteiger charge is 2.22. The molecule has 23 heavy (non-hydrogen) atoms. The molecule has 0 atom stereocenters. The normalized spacial score (nSPS) is 13.6. The van der Waals surface area contributed by atoms with Gasteiger partial charge in [0, 0.05) is 6.04 Å². The molecule has 1 aliphatic carbocycles. The Labute approximate surface area is 127 Å². The Kier molecular flexibility index (Phi) is 4.58. The van der Waals surface area contributed by atoms with Gasteiger partial charge in [-0.3, -0.25) is 0 Å². The van der Waals surface area contributed by atoms with Gasteiger partial charge in [0.25, 0.3) is 6.33 Å². The third kappa shape index (κ3) is 3.84. The van der Waals surface area contributed by atoms with Crippen molar-refractivity contribution in [3.8, 4) is 0 Å². The number of hydrogen-bond donors (Lipinski definition) is 0. The van der Waals surface area contributed by atoms with Crippen molar-refractivity contribution in [3.05, 3.63) is 55.4 Å². The van der Waals surface area contributed by atoms with Crippen LogP contribution in [0.2, 0.25) is 0 Å². The first-order valence-electron chi connectivity index (χ1n) is 6.39. The monoisotopic (exact) mass is 325 g/mol. The summed E-state index contributed by atoms with van der Waals surface area (Å²) in [5.41, 5.74) is 0. The summed E-state index contributed by atoms with van der Waals surface area (Å²) in [6.07, 6.45) is 7.99. The molecule has 13 heteroatoms. The fourth-order valence-electron chi connectivity index (χ4n) is 1.79. The van der Waals surface area contributed by atoms with Crippen LogP contribution in [0.15, 0.2) is 25.0 Å². The molecule has 2 heterocycles. The third-order valence-electron chi connectivity index (χ3n) is 3.20. The zero-order chi connectivity index (χ0) is 17.0. The Balaban J connectivity index is 0.000000168. The van der Waals surface area contributed by atoms with Crippen LogP contribution in [0, 0.1) is 30.3 Å². The minimum Gasteiger partial charge on any atom is -0.358 e. The van der Waals surface area contributed by atoms with Crippen molar-refractivity contribution in [1.29, 1.82) is 0 Å². The van der Waals surface area contributed by atoms with E-state index in [0.717, 1.165) is 25.4 Å². The number of imidazole rings is 2. The molecule has 0 unspecified atom stereocenters. The van der Waals surface area contributed by atoms with Crippen LogP contribution in [0.3, 0.4) is 0 Å². The van der Waals surface area contributed by atoms with Crippen LogP contribution in [-0.4, -0.2) is 34.1 Å². The predicted octanol–water partition coefficient (Wildman–Crippen LogP) is 1.35. The number of nitro groups is 3. The van der Waals surface area contributed by atoms with E-state index in [1.54, 1.807) is 6.33 Å². The van der Waals surface area contributed by atoms with Crippen molar-refractivity contribution < 1.29 is 14.9 Å². The third-order valence-corrected chi connectivity index (χ3v) is 3.20. The Morgan fingerprint density at radius 2 is 1.52 bits per heavy atom. The molecule has 0 aliphatic heterocycles. The summed E-state index contributed by atoms with van der Waals surface area (Å²) in [5.74, 6) is -0.594. The van der Waals surface area contributed by atoms with Crippen molar-refractivity contribution in [2.24, 2.45) is 0 Å². The molecule has 0 aromatic carbocycles. The molecule has 0 radical (unpaired) electrons. The van der Waals surface area contributed by atoms with Gasteiger partial charge in [-0.1, -0.05) is 0 Å². The lowest BCUT2D eigenvalue weighted by molar-refractivity contribution is -0.542. The van der Waals surface area contributed by atoms with Gasteiger partial charge < -0.3 is 24.8 Å². The molecule has 0 N–H and O–H groups in total. The van der Waals surface area contributed by atoms with Crippen LogP contribution < -0.4 is 0 Å². The highest BCUT2D eigenvalue weighted by molar-refractivity contribution is 5.13. The molecular formula is C10H11N7O6. The SMILES string of the molecule is O=[N+]([O-])c1cn(C2CCC2)cn1.O=[N+]([O-])c1cn([N+](=O)[O-])cn1. The minimum absolute atomic E-state index is 0.0538. The Morgan fingerprint density at radius 1 is 0.957 bits per heavy atom. The second-order valence-corrected chi connectivity index (χ2v) is 4.63. The van der Waals surface area contributed by atoms with Crippen LogP contribution in [0.5, 0.6) is 0 Å². The molecule has 2 aromatic rings. The first-order chi connectivity index (χ1) is 10.9. The van der Waals surface area contributed by atoms with Crippen molar-refractivity contribution in [2.75, 3.05) is 0 Å². The summed E-state index contributed by atoms with van der Waals surface area (Å²) in [7, 11) is 0. The first kappa shape index (κ1) is 16.0. The summed E-state index contributed by atoms with van der Waals surface area (Å²) < 4.78 is 2.25. The average molecular weight is 325 g/mol. The molecule has 1 aliphatic rings. The fourth-order valence-corrected chi connectivity index (χ4v) is 1.79. The van der Waals surface area contributed by atoms with Crippen LogP contribution in [-0.2, 0) is 0 Å². The highest BCUT2D eigenvalue weighted by atomic mass is 16.7. The smallest absolute Gasteiger partial charge is 0.358 e.